The van der Waals surface area contributed by atoms with Gasteiger partial charge in [0.2, 0.25) is 0 Å². The molecule has 0 aliphatic heterocycles. The second-order valence-electron chi connectivity index (χ2n) is 3.26. The van der Waals surface area contributed by atoms with Gasteiger partial charge in [0.1, 0.15) is 6.04 Å². The molecule has 1 aromatic carbocycles. The van der Waals surface area contributed by atoms with Gasteiger partial charge in [-0.25, -0.2) is 0 Å². The van der Waals surface area contributed by atoms with Crippen LogP contribution < -0.4 is 5.73 Å². The highest BCUT2D eigenvalue weighted by atomic mass is 79.9. The van der Waals surface area contributed by atoms with Gasteiger partial charge in [0.15, 0.2) is 0 Å². The van der Waals surface area contributed by atoms with E-state index in [0.717, 1.165) is 15.4 Å². The van der Waals surface area contributed by atoms with E-state index in [-0.39, 0.29) is 0 Å². The number of carboxylic acid groups (broad SMARTS) is 1. The van der Waals surface area contributed by atoms with Crippen LogP contribution in [0.15, 0.2) is 28.9 Å². The SMILES string of the molecule is NC(C(=O)O)c1ccc2c(Br)c[nH]c2c1. The van der Waals surface area contributed by atoms with Crippen molar-refractivity contribution < 1.29 is 9.90 Å². The second kappa shape index (κ2) is 3.67. The van der Waals surface area contributed by atoms with E-state index in [4.69, 9.17) is 10.8 Å². The molecule has 0 amide bonds. The number of halogens is 1. The van der Waals surface area contributed by atoms with Crippen LogP contribution in [0.2, 0.25) is 0 Å². The van der Waals surface area contributed by atoms with Crippen molar-refractivity contribution in [1.29, 1.82) is 0 Å². The quantitative estimate of drug-likeness (QED) is 0.780. The molecule has 2 aromatic rings. The van der Waals surface area contributed by atoms with E-state index in [1.807, 2.05) is 6.07 Å². The first-order valence-electron chi connectivity index (χ1n) is 4.34. The van der Waals surface area contributed by atoms with Crippen molar-refractivity contribution in [3.8, 4) is 0 Å². The largest absolute Gasteiger partial charge is 0.480 e. The Morgan fingerprint density at radius 3 is 2.93 bits per heavy atom. The van der Waals surface area contributed by atoms with Crippen molar-refractivity contribution in [2.75, 3.05) is 0 Å². The van der Waals surface area contributed by atoms with Gasteiger partial charge < -0.3 is 15.8 Å². The van der Waals surface area contributed by atoms with E-state index in [0.29, 0.717) is 5.56 Å². The summed E-state index contributed by atoms with van der Waals surface area (Å²) in [6, 6.07) is 4.34. The van der Waals surface area contributed by atoms with Gasteiger partial charge in [-0.1, -0.05) is 12.1 Å². The van der Waals surface area contributed by atoms with Crippen molar-refractivity contribution in [3.63, 3.8) is 0 Å². The summed E-state index contributed by atoms with van der Waals surface area (Å²) in [4.78, 5) is 13.7. The summed E-state index contributed by atoms with van der Waals surface area (Å²) >= 11 is 3.38. The summed E-state index contributed by atoms with van der Waals surface area (Å²) in [5.74, 6) is -1.03. The minimum atomic E-state index is -1.03. The van der Waals surface area contributed by atoms with Crippen LogP contribution in [-0.4, -0.2) is 16.1 Å². The molecule has 0 aliphatic rings. The number of benzene rings is 1. The average Bonchev–Trinajstić information content (AvgIpc) is 2.59. The van der Waals surface area contributed by atoms with Gasteiger partial charge >= 0.3 is 5.97 Å². The molecule has 4 N–H and O–H groups in total. The highest BCUT2D eigenvalue weighted by molar-refractivity contribution is 9.10. The first-order chi connectivity index (χ1) is 7.09. The highest BCUT2D eigenvalue weighted by Crippen LogP contribution is 2.25. The number of rotatable bonds is 2. The molecule has 0 radical (unpaired) electrons. The molecule has 2 rings (SSSR count). The zero-order valence-electron chi connectivity index (χ0n) is 7.70. The normalized spacial score (nSPS) is 12.9. The first kappa shape index (κ1) is 10.2. The molecule has 0 aliphatic carbocycles. The second-order valence-corrected chi connectivity index (χ2v) is 4.11. The zero-order valence-corrected chi connectivity index (χ0v) is 9.28. The number of aromatic amines is 1. The van der Waals surface area contributed by atoms with Crippen LogP contribution in [-0.2, 0) is 4.79 Å². The zero-order chi connectivity index (χ0) is 11.0. The molecular formula is C10H9BrN2O2. The number of carbonyl (C=O) groups is 1. The van der Waals surface area contributed by atoms with Crippen LogP contribution in [0.3, 0.4) is 0 Å². The van der Waals surface area contributed by atoms with Crippen molar-refractivity contribution in [1.82, 2.24) is 4.98 Å². The van der Waals surface area contributed by atoms with Crippen LogP contribution in [0.1, 0.15) is 11.6 Å². The lowest BCUT2D eigenvalue weighted by Gasteiger charge is -2.06. The minimum absolute atomic E-state index is 0.587. The molecule has 4 nitrogen and oxygen atoms in total. The number of aliphatic carboxylic acids is 1. The number of fused-ring (bicyclic) bond motifs is 1. The lowest BCUT2D eigenvalue weighted by Crippen LogP contribution is -2.20. The van der Waals surface area contributed by atoms with Gasteiger partial charge in [0.25, 0.3) is 0 Å². The fraction of sp³-hybridized carbons (Fsp3) is 0.100. The van der Waals surface area contributed by atoms with Gasteiger partial charge in [-0.05, 0) is 27.6 Å². The topological polar surface area (TPSA) is 79.1 Å². The summed E-state index contributed by atoms with van der Waals surface area (Å²) in [5.41, 5.74) is 6.97. The lowest BCUT2D eigenvalue weighted by molar-refractivity contribution is -0.138. The van der Waals surface area contributed by atoms with E-state index in [1.54, 1.807) is 18.3 Å². The molecule has 1 heterocycles. The molecule has 5 heteroatoms. The molecule has 1 unspecified atom stereocenters. The Labute approximate surface area is 94.2 Å². The third-order valence-electron chi connectivity index (χ3n) is 2.28. The Kier molecular flexibility index (Phi) is 2.50. The minimum Gasteiger partial charge on any atom is -0.480 e. The number of nitrogens with one attached hydrogen (secondary N) is 1. The molecule has 78 valence electrons. The predicted molar refractivity (Wildman–Crippen MR) is 60.6 cm³/mol. The van der Waals surface area contributed by atoms with E-state index >= 15 is 0 Å². The summed E-state index contributed by atoms with van der Waals surface area (Å²) in [5, 5.41) is 9.78. The Balaban J connectivity index is 2.52. The highest BCUT2D eigenvalue weighted by Gasteiger charge is 2.14. The molecule has 0 saturated heterocycles. The number of hydrogen-bond donors (Lipinski definition) is 3. The fourth-order valence-corrected chi connectivity index (χ4v) is 1.90. The Bertz CT molecular complexity index is 521. The number of hydrogen-bond acceptors (Lipinski definition) is 2. The van der Waals surface area contributed by atoms with E-state index in [9.17, 15) is 4.79 Å². The standard InChI is InChI=1S/C10H9BrN2O2/c11-7-4-13-8-3-5(1-2-6(7)8)9(12)10(14)15/h1-4,9,13H,12H2,(H,14,15). The maximum Gasteiger partial charge on any atom is 0.325 e. The predicted octanol–water partition coefficient (Wildman–Crippen LogP) is 2.01. The van der Waals surface area contributed by atoms with Crippen LogP contribution in [0, 0.1) is 0 Å². The molecule has 0 spiro atoms. The number of carboxylic acids is 1. The van der Waals surface area contributed by atoms with Crippen LogP contribution >= 0.6 is 15.9 Å². The summed E-state index contributed by atoms with van der Waals surface area (Å²) in [7, 11) is 0. The van der Waals surface area contributed by atoms with Crippen LogP contribution in [0.5, 0.6) is 0 Å². The van der Waals surface area contributed by atoms with Crippen molar-refractivity contribution in [2.45, 2.75) is 6.04 Å². The molecular weight excluding hydrogens is 260 g/mol. The number of aromatic nitrogens is 1. The fourth-order valence-electron chi connectivity index (χ4n) is 1.44. The third-order valence-corrected chi connectivity index (χ3v) is 2.94. The van der Waals surface area contributed by atoms with Crippen molar-refractivity contribution in [3.05, 3.63) is 34.4 Å². The lowest BCUT2D eigenvalue weighted by atomic mass is 10.1. The molecule has 0 saturated carbocycles. The number of nitrogens with two attached hydrogens (primary N) is 1. The molecule has 0 bridgehead atoms. The van der Waals surface area contributed by atoms with Crippen molar-refractivity contribution in [2.24, 2.45) is 5.73 Å². The summed E-state index contributed by atoms with van der Waals surface area (Å²) in [6.45, 7) is 0. The Hall–Kier alpha value is -1.33. The molecule has 15 heavy (non-hydrogen) atoms. The molecule has 1 atom stereocenters. The monoisotopic (exact) mass is 268 g/mol. The van der Waals surface area contributed by atoms with Gasteiger partial charge in [-0.3, -0.25) is 4.79 Å². The molecule has 1 aromatic heterocycles. The summed E-state index contributed by atoms with van der Waals surface area (Å²) in [6.07, 6.45) is 1.81. The third kappa shape index (κ3) is 1.75. The average molecular weight is 269 g/mol. The maximum absolute atomic E-state index is 10.7. The molecule has 0 fully saturated rings. The Morgan fingerprint density at radius 2 is 2.27 bits per heavy atom. The Morgan fingerprint density at radius 1 is 1.53 bits per heavy atom. The first-order valence-corrected chi connectivity index (χ1v) is 5.14. The maximum atomic E-state index is 10.7. The van der Waals surface area contributed by atoms with Gasteiger partial charge in [0, 0.05) is 21.6 Å². The number of H-pyrrole nitrogens is 1. The summed E-state index contributed by atoms with van der Waals surface area (Å²) < 4.78 is 0.952. The van der Waals surface area contributed by atoms with E-state index in [1.165, 1.54) is 0 Å². The van der Waals surface area contributed by atoms with E-state index < -0.39 is 12.0 Å². The van der Waals surface area contributed by atoms with Gasteiger partial charge in [-0.2, -0.15) is 0 Å². The smallest absolute Gasteiger partial charge is 0.325 e. The van der Waals surface area contributed by atoms with Gasteiger partial charge in [0.05, 0.1) is 0 Å². The van der Waals surface area contributed by atoms with Gasteiger partial charge in [-0.15, -0.1) is 0 Å². The van der Waals surface area contributed by atoms with E-state index in [2.05, 4.69) is 20.9 Å². The van der Waals surface area contributed by atoms with Crippen LogP contribution in [0.25, 0.3) is 10.9 Å². The van der Waals surface area contributed by atoms with Crippen LogP contribution in [0.4, 0.5) is 0 Å². The van der Waals surface area contributed by atoms with Crippen molar-refractivity contribution >= 4 is 32.8 Å².